The highest BCUT2D eigenvalue weighted by atomic mass is 16.5. The fraction of sp³-hybridized carbons (Fsp3) is 0.667. The van der Waals surface area contributed by atoms with Gasteiger partial charge < -0.3 is 14.8 Å². The van der Waals surface area contributed by atoms with Gasteiger partial charge in [0.1, 0.15) is 5.75 Å². The van der Waals surface area contributed by atoms with Crippen LogP contribution in [0.3, 0.4) is 0 Å². The van der Waals surface area contributed by atoms with E-state index in [1.54, 1.807) is 0 Å². The van der Waals surface area contributed by atoms with Gasteiger partial charge in [-0.15, -0.1) is 0 Å². The molecule has 1 aliphatic heterocycles. The number of hydrogen-bond acceptors (Lipinski definition) is 3. The molecule has 1 aromatic rings. The van der Waals surface area contributed by atoms with Gasteiger partial charge in [-0.2, -0.15) is 0 Å². The standard InChI is InChI=1S/C18H27NO2/c1-2-20-16-10-6-5-9-15(16)17-13-19-14-18(21-17)11-7-3-4-8-12-18/h5-6,9-10,17,19H,2-4,7-8,11-14H2,1H3. The molecule has 1 N–H and O–H groups in total. The van der Waals surface area contributed by atoms with Gasteiger partial charge in [-0.05, 0) is 25.8 Å². The predicted molar refractivity (Wildman–Crippen MR) is 84.7 cm³/mol. The normalized spacial score (nSPS) is 25.5. The average molecular weight is 289 g/mol. The van der Waals surface area contributed by atoms with Crippen LogP contribution in [-0.4, -0.2) is 25.3 Å². The van der Waals surface area contributed by atoms with E-state index in [0.29, 0.717) is 6.61 Å². The second-order valence-electron chi connectivity index (χ2n) is 6.31. The third kappa shape index (κ3) is 3.41. The van der Waals surface area contributed by atoms with Crippen LogP contribution in [0.15, 0.2) is 24.3 Å². The summed E-state index contributed by atoms with van der Waals surface area (Å²) in [5, 5.41) is 3.61. The van der Waals surface area contributed by atoms with Crippen LogP contribution in [0.4, 0.5) is 0 Å². The predicted octanol–water partition coefficient (Wildman–Crippen LogP) is 3.84. The minimum absolute atomic E-state index is 0.0404. The van der Waals surface area contributed by atoms with Crippen LogP contribution in [0.1, 0.15) is 57.1 Å². The van der Waals surface area contributed by atoms with E-state index in [-0.39, 0.29) is 11.7 Å². The van der Waals surface area contributed by atoms with Crippen molar-refractivity contribution >= 4 is 0 Å². The van der Waals surface area contributed by atoms with Crippen molar-refractivity contribution in [3.8, 4) is 5.75 Å². The van der Waals surface area contributed by atoms with Crippen LogP contribution >= 0.6 is 0 Å². The maximum Gasteiger partial charge on any atom is 0.125 e. The Labute approximate surface area is 128 Å². The van der Waals surface area contributed by atoms with Crippen LogP contribution in [0.5, 0.6) is 5.75 Å². The Hall–Kier alpha value is -1.06. The topological polar surface area (TPSA) is 30.5 Å². The van der Waals surface area contributed by atoms with E-state index in [2.05, 4.69) is 23.5 Å². The molecule has 0 amide bonds. The summed E-state index contributed by atoms with van der Waals surface area (Å²) in [6.07, 6.45) is 7.78. The summed E-state index contributed by atoms with van der Waals surface area (Å²) < 4.78 is 12.4. The minimum Gasteiger partial charge on any atom is -0.493 e. The molecule has 1 aromatic carbocycles. The first-order valence-corrected chi connectivity index (χ1v) is 8.43. The molecule has 1 saturated heterocycles. The van der Waals surface area contributed by atoms with E-state index >= 15 is 0 Å². The highest BCUT2D eigenvalue weighted by molar-refractivity contribution is 5.35. The lowest BCUT2D eigenvalue weighted by Gasteiger charge is -2.42. The average Bonchev–Trinajstić information content (AvgIpc) is 2.74. The first kappa shape index (κ1) is 14.9. The third-order valence-electron chi connectivity index (χ3n) is 4.75. The zero-order valence-electron chi connectivity index (χ0n) is 13.1. The van der Waals surface area contributed by atoms with E-state index in [4.69, 9.17) is 9.47 Å². The lowest BCUT2D eigenvalue weighted by Crippen LogP contribution is -2.50. The van der Waals surface area contributed by atoms with Crippen molar-refractivity contribution in [2.75, 3.05) is 19.7 Å². The van der Waals surface area contributed by atoms with Gasteiger partial charge in [-0.3, -0.25) is 0 Å². The van der Waals surface area contributed by atoms with Crippen LogP contribution in [0, 0.1) is 0 Å². The summed E-state index contributed by atoms with van der Waals surface area (Å²) in [4.78, 5) is 0. The Morgan fingerprint density at radius 2 is 1.95 bits per heavy atom. The fourth-order valence-electron chi connectivity index (χ4n) is 3.69. The van der Waals surface area contributed by atoms with Crippen molar-refractivity contribution < 1.29 is 9.47 Å². The van der Waals surface area contributed by atoms with Crippen molar-refractivity contribution in [2.24, 2.45) is 0 Å². The number of rotatable bonds is 3. The molecule has 1 atom stereocenters. The molecule has 2 fully saturated rings. The summed E-state index contributed by atoms with van der Waals surface area (Å²) in [7, 11) is 0. The second kappa shape index (κ2) is 6.80. The van der Waals surface area contributed by atoms with Crippen LogP contribution in [0.25, 0.3) is 0 Å². The zero-order valence-corrected chi connectivity index (χ0v) is 13.1. The number of benzene rings is 1. The van der Waals surface area contributed by atoms with E-state index in [0.717, 1.165) is 18.8 Å². The Bertz CT molecular complexity index is 452. The first-order chi connectivity index (χ1) is 10.3. The van der Waals surface area contributed by atoms with E-state index < -0.39 is 0 Å². The van der Waals surface area contributed by atoms with Gasteiger partial charge in [0.2, 0.25) is 0 Å². The molecule has 1 heterocycles. The summed E-state index contributed by atoms with van der Waals surface area (Å²) in [6.45, 7) is 4.61. The molecule has 0 radical (unpaired) electrons. The number of morpholine rings is 1. The largest absolute Gasteiger partial charge is 0.493 e. The summed E-state index contributed by atoms with van der Waals surface area (Å²) in [6, 6.07) is 8.31. The van der Waals surface area contributed by atoms with Gasteiger partial charge in [0.15, 0.2) is 0 Å². The summed E-state index contributed by atoms with van der Waals surface area (Å²) >= 11 is 0. The molecule has 0 aromatic heterocycles. The Kier molecular flexibility index (Phi) is 4.81. The molecule has 1 unspecified atom stereocenters. The monoisotopic (exact) mass is 289 g/mol. The van der Waals surface area contributed by atoms with E-state index in [9.17, 15) is 0 Å². The van der Waals surface area contributed by atoms with Gasteiger partial charge in [0.05, 0.1) is 18.3 Å². The molecule has 116 valence electrons. The molecule has 2 aliphatic rings. The number of ether oxygens (including phenoxy) is 2. The quantitative estimate of drug-likeness (QED) is 0.917. The van der Waals surface area contributed by atoms with Crippen LogP contribution in [-0.2, 0) is 4.74 Å². The zero-order chi connectivity index (χ0) is 14.5. The van der Waals surface area contributed by atoms with Crippen LogP contribution < -0.4 is 10.1 Å². The molecule has 1 spiro atoms. The van der Waals surface area contributed by atoms with Gasteiger partial charge in [0.25, 0.3) is 0 Å². The van der Waals surface area contributed by atoms with Crippen molar-refractivity contribution in [1.82, 2.24) is 5.32 Å². The molecule has 1 aliphatic carbocycles. The molecular formula is C18H27NO2. The summed E-state index contributed by atoms with van der Waals surface area (Å²) in [5.74, 6) is 0.970. The Morgan fingerprint density at radius 3 is 2.71 bits per heavy atom. The molecule has 3 heteroatoms. The maximum absolute atomic E-state index is 6.63. The lowest BCUT2D eigenvalue weighted by atomic mass is 9.91. The van der Waals surface area contributed by atoms with Crippen LogP contribution in [0.2, 0.25) is 0 Å². The fourth-order valence-corrected chi connectivity index (χ4v) is 3.69. The number of para-hydroxylation sites is 1. The molecule has 21 heavy (non-hydrogen) atoms. The molecule has 0 bridgehead atoms. The van der Waals surface area contributed by atoms with Crippen molar-refractivity contribution in [2.45, 2.75) is 57.2 Å². The number of hydrogen-bond donors (Lipinski definition) is 1. The van der Waals surface area contributed by atoms with E-state index in [1.807, 2.05) is 13.0 Å². The summed E-state index contributed by atoms with van der Waals surface area (Å²) in [5.41, 5.74) is 1.23. The highest BCUT2D eigenvalue weighted by Crippen LogP contribution is 2.39. The number of nitrogens with one attached hydrogen (secondary N) is 1. The Morgan fingerprint density at radius 1 is 1.19 bits per heavy atom. The van der Waals surface area contributed by atoms with Crippen molar-refractivity contribution in [3.05, 3.63) is 29.8 Å². The van der Waals surface area contributed by atoms with Gasteiger partial charge >= 0.3 is 0 Å². The maximum atomic E-state index is 6.63. The smallest absolute Gasteiger partial charge is 0.125 e. The molecule has 1 saturated carbocycles. The second-order valence-corrected chi connectivity index (χ2v) is 6.31. The van der Waals surface area contributed by atoms with Crippen molar-refractivity contribution in [3.63, 3.8) is 0 Å². The first-order valence-electron chi connectivity index (χ1n) is 8.43. The SMILES string of the molecule is CCOc1ccccc1C1CNCC2(CCCCCC2)O1. The highest BCUT2D eigenvalue weighted by Gasteiger charge is 2.38. The van der Waals surface area contributed by atoms with Gasteiger partial charge in [-0.25, -0.2) is 0 Å². The van der Waals surface area contributed by atoms with Gasteiger partial charge in [-0.1, -0.05) is 43.9 Å². The minimum atomic E-state index is 0.0404. The third-order valence-corrected chi connectivity index (χ3v) is 4.75. The molecular weight excluding hydrogens is 262 g/mol. The molecule has 3 nitrogen and oxygen atoms in total. The van der Waals surface area contributed by atoms with E-state index in [1.165, 1.54) is 44.1 Å². The molecule has 3 rings (SSSR count). The Balaban J connectivity index is 1.79. The van der Waals surface area contributed by atoms with Gasteiger partial charge in [0, 0.05) is 18.7 Å². The van der Waals surface area contributed by atoms with Crippen molar-refractivity contribution in [1.29, 1.82) is 0 Å². The lowest BCUT2D eigenvalue weighted by molar-refractivity contribution is -0.126.